The third-order valence-electron chi connectivity index (χ3n) is 5.29. The second-order valence-corrected chi connectivity index (χ2v) is 9.48. The van der Waals surface area contributed by atoms with Gasteiger partial charge in [-0.25, -0.2) is 4.79 Å². The molecule has 3 fully saturated rings. The summed E-state index contributed by atoms with van der Waals surface area (Å²) in [5.74, 6) is 0. The average Bonchev–Trinajstić information content (AvgIpc) is 3.15. The Hall–Kier alpha value is -0.420. The molecule has 3 aliphatic rings. The average molecular weight is 327 g/mol. The predicted molar refractivity (Wildman–Crippen MR) is 91.4 cm³/mol. The fraction of sp³-hybridized carbons (Fsp3) is 0.941. The molecule has 5 heteroatoms. The molecule has 0 radical (unpaired) electrons. The number of fused-ring (bicyclic) bond motifs is 2. The van der Waals surface area contributed by atoms with Crippen LogP contribution >= 0.6 is 11.8 Å². The summed E-state index contributed by atoms with van der Waals surface area (Å²) in [7, 11) is 0. The highest BCUT2D eigenvalue weighted by atomic mass is 32.2. The van der Waals surface area contributed by atoms with Gasteiger partial charge >= 0.3 is 6.09 Å². The molecule has 22 heavy (non-hydrogen) atoms. The minimum absolute atomic E-state index is 0.110. The van der Waals surface area contributed by atoms with Crippen molar-refractivity contribution in [1.82, 2.24) is 10.2 Å². The Morgan fingerprint density at radius 3 is 2.32 bits per heavy atom. The van der Waals surface area contributed by atoms with Crippen LogP contribution in [0.15, 0.2) is 0 Å². The first-order chi connectivity index (χ1) is 10.3. The van der Waals surface area contributed by atoms with Crippen molar-refractivity contribution in [3.63, 3.8) is 0 Å². The van der Waals surface area contributed by atoms with Gasteiger partial charge in [-0.15, -0.1) is 0 Å². The Balaban J connectivity index is 1.54. The van der Waals surface area contributed by atoms with Gasteiger partial charge in [0.25, 0.3) is 0 Å². The van der Waals surface area contributed by atoms with Crippen LogP contribution in [0.2, 0.25) is 0 Å². The van der Waals surface area contributed by atoms with Crippen LogP contribution < -0.4 is 5.32 Å². The number of carbonyl (C=O) groups is 1. The summed E-state index contributed by atoms with van der Waals surface area (Å²) >= 11 is 2.01. The molecular weight excluding hydrogens is 296 g/mol. The third kappa shape index (κ3) is 3.56. The van der Waals surface area contributed by atoms with Crippen molar-refractivity contribution in [2.45, 2.75) is 87.8 Å². The highest BCUT2D eigenvalue weighted by Gasteiger charge is 2.46. The van der Waals surface area contributed by atoms with E-state index >= 15 is 0 Å². The maximum Gasteiger partial charge on any atom is 0.410 e. The summed E-state index contributed by atoms with van der Waals surface area (Å²) in [6, 6.07) is 1.31. The molecule has 1 amide bonds. The van der Waals surface area contributed by atoms with E-state index in [1.165, 1.54) is 12.8 Å². The Morgan fingerprint density at radius 1 is 1.27 bits per heavy atom. The van der Waals surface area contributed by atoms with E-state index in [0.717, 1.165) is 32.2 Å². The molecule has 0 aromatic carbocycles. The molecular formula is C17H30N2O2S. The quantitative estimate of drug-likeness (QED) is 0.860. The first-order valence-electron chi connectivity index (χ1n) is 8.62. The number of nitrogens with one attached hydrogen (secondary N) is 1. The maximum absolute atomic E-state index is 12.4. The highest BCUT2D eigenvalue weighted by Crippen LogP contribution is 2.47. The van der Waals surface area contributed by atoms with Crippen molar-refractivity contribution in [3.05, 3.63) is 0 Å². The van der Waals surface area contributed by atoms with E-state index in [9.17, 15) is 4.79 Å². The monoisotopic (exact) mass is 326 g/mol. The number of carbonyl (C=O) groups excluding carboxylic acids is 1. The van der Waals surface area contributed by atoms with Crippen molar-refractivity contribution in [2.24, 2.45) is 0 Å². The van der Waals surface area contributed by atoms with Crippen LogP contribution in [0, 0.1) is 0 Å². The highest BCUT2D eigenvalue weighted by molar-refractivity contribution is 8.00. The Bertz CT molecular complexity index is 417. The summed E-state index contributed by atoms with van der Waals surface area (Å²) < 4.78 is 6.11. The van der Waals surface area contributed by atoms with E-state index in [4.69, 9.17) is 4.74 Å². The second kappa shape index (κ2) is 5.90. The topological polar surface area (TPSA) is 41.6 Å². The van der Waals surface area contributed by atoms with Gasteiger partial charge in [0.05, 0.1) is 0 Å². The fourth-order valence-corrected chi connectivity index (χ4v) is 4.62. The van der Waals surface area contributed by atoms with Gasteiger partial charge in [-0.05, 0) is 65.6 Å². The van der Waals surface area contributed by atoms with Crippen LogP contribution in [-0.4, -0.2) is 52.3 Å². The largest absolute Gasteiger partial charge is 0.444 e. The molecule has 1 N–H and O–H groups in total. The van der Waals surface area contributed by atoms with E-state index in [1.807, 2.05) is 37.4 Å². The number of rotatable bonds is 4. The molecule has 2 unspecified atom stereocenters. The maximum atomic E-state index is 12.4. The lowest BCUT2D eigenvalue weighted by atomic mass is 9.97. The Kier molecular flexibility index (Phi) is 4.41. The number of nitrogens with zero attached hydrogens (tertiary/aromatic N) is 1. The third-order valence-corrected chi connectivity index (χ3v) is 6.71. The standard InChI is InChI=1S/C17H30N2O2S/c1-16(2,3)21-15(20)19-13-5-6-14(19)10-12(9-13)18-11-17(22-4)7-8-17/h12-14,18H,5-11H2,1-4H3. The fourth-order valence-electron chi connectivity index (χ4n) is 3.88. The van der Waals surface area contributed by atoms with Gasteiger partial charge in [0.2, 0.25) is 0 Å². The normalized spacial score (nSPS) is 32.9. The van der Waals surface area contributed by atoms with E-state index in [-0.39, 0.29) is 6.09 Å². The van der Waals surface area contributed by atoms with Crippen LogP contribution in [-0.2, 0) is 4.74 Å². The number of hydrogen-bond donors (Lipinski definition) is 1. The summed E-state index contributed by atoms with van der Waals surface area (Å²) in [6.07, 6.45) is 9.26. The van der Waals surface area contributed by atoms with Crippen molar-refractivity contribution in [2.75, 3.05) is 12.8 Å². The molecule has 0 aromatic rings. The summed E-state index contributed by atoms with van der Waals surface area (Å²) in [5, 5.41) is 3.78. The number of piperidine rings is 1. The zero-order valence-corrected chi connectivity index (χ0v) is 15.2. The van der Waals surface area contributed by atoms with Gasteiger partial charge in [0.1, 0.15) is 5.60 Å². The predicted octanol–water partition coefficient (Wildman–Crippen LogP) is 3.40. The lowest BCUT2D eigenvalue weighted by molar-refractivity contribution is 0.00474. The number of amides is 1. The van der Waals surface area contributed by atoms with Crippen molar-refractivity contribution in [1.29, 1.82) is 0 Å². The molecule has 2 heterocycles. The molecule has 1 aliphatic carbocycles. The van der Waals surface area contributed by atoms with Crippen LogP contribution in [0.25, 0.3) is 0 Å². The zero-order chi connectivity index (χ0) is 16.0. The minimum atomic E-state index is -0.400. The van der Waals surface area contributed by atoms with Gasteiger partial charge in [0, 0.05) is 29.4 Å². The van der Waals surface area contributed by atoms with Gasteiger partial charge in [-0.1, -0.05) is 0 Å². The molecule has 1 saturated carbocycles. The smallest absolute Gasteiger partial charge is 0.410 e. The molecule has 4 nitrogen and oxygen atoms in total. The lowest BCUT2D eigenvalue weighted by Crippen LogP contribution is -2.53. The summed E-state index contributed by atoms with van der Waals surface area (Å²) in [5.41, 5.74) is -0.400. The molecule has 126 valence electrons. The number of hydrogen-bond acceptors (Lipinski definition) is 4. The van der Waals surface area contributed by atoms with Gasteiger partial charge < -0.3 is 15.0 Å². The SMILES string of the molecule is CSC1(CNC2CC3CCC(C2)N3C(=O)OC(C)(C)C)CC1. The second-order valence-electron chi connectivity index (χ2n) is 8.21. The molecule has 2 bridgehead atoms. The first-order valence-corrected chi connectivity index (χ1v) is 9.84. The van der Waals surface area contributed by atoms with Gasteiger partial charge in [-0.3, -0.25) is 0 Å². The van der Waals surface area contributed by atoms with Crippen molar-refractivity contribution >= 4 is 17.9 Å². The van der Waals surface area contributed by atoms with Gasteiger partial charge in [0.15, 0.2) is 0 Å². The number of ether oxygens (including phenoxy) is 1. The minimum Gasteiger partial charge on any atom is -0.444 e. The van der Waals surface area contributed by atoms with Crippen molar-refractivity contribution in [3.8, 4) is 0 Å². The lowest BCUT2D eigenvalue weighted by Gasteiger charge is -2.40. The molecule has 2 aliphatic heterocycles. The zero-order valence-electron chi connectivity index (χ0n) is 14.4. The molecule has 0 aromatic heterocycles. The molecule has 2 atom stereocenters. The van der Waals surface area contributed by atoms with Crippen LogP contribution in [0.4, 0.5) is 4.79 Å². The van der Waals surface area contributed by atoms with Crippen LogP contribution in [0.5, 0.6) is 0 Å². The summed E-state index contributed by atoms with van der Waals surface area (Å²) in [6.45, 7) is 6.96. The van der Waals surface area contributed by atoms with E-state index < -0.39 is 5.60 Å². The Labute approximate surface area is 138 Å². The first kappa shape index (κ1) is 16.4. The van der Waals surface area contributed by atoms with E-state index in [0.29, 0.717) is 22.9 Å². The molecule has 3 rings (SSSR count). The summed E-state index contributed by atoms with van der Waals surface area (Å²) in [4.78, 5) is 14.5. The van der Waals surface area contributed by atoms with Crippen LogP contribution in [0.1, 0.15) is 59.3 Å². The van der Waals surface area contributed by atoms with Crippen molar-refractivity contribution < 1.29 is 9.53 Å². The van der Waals surface area contributed by atoms with E-state index in [1.54, 1.807) is 0 Å². The molecule has 0 spiro atoms. The number of thioether (sulfide) groups is 1. The van der Waals surface area contributed by atoms with E-state index in [2.05, 4.69) is 11.6 Å². The van der Waals surface area contributed by atoms with Gasteiger partial charge in [-0.2, -0.15) is 11.8 Å². The Morgan fingerprint density at radius 2 is 1.86 bits per heavy atom. The van der Waals surface area contributed by atoms with Crippen LogP contribution in [0.3, 0.4) is 0 Å². The molecule has 2 saturated heterocycles.